The molecule has 5 nitrogen and oxygen atoms in total. The molecule has 1 aromatic heterocycles. The number of benzene rings is 2. The third-order valence-electron chi connectivity index (χ3n) is 4.26. The fraction of sp³-hybridized carbons (Fsp3) is 0.250. The van der Waals surface area contributed by atoms with Gasteiger partial charge in [0.1, 0.15) is 0 Å². The summed E-state index contributed by atoms with van der Waals surface area (Å²) >= 11 is 0. The molecule has 1 N–H and O–H groups in total. The van der Waals surface area contributed by atoms with Gasteiger partial charge in [-0.2, -0.15) is 5.10 Å². The van der Waals surface area contributed by atoms with Gasteiger partial charge in [-0.1, -0.05) is 61.9 Å². The van der Waals surface area contributed by atoms with E-state index in [1.807, 2.05) is 30.3 Å². The second kappa shape index (κ2) is 7.30. The molecule has 0 saturated heterocycles. The lowest BCUT2D eigenvalue weighted by Gasteiger charge is -2.19. The summed E-state index contributed by atoms with van der Waals surface area (Å²) in [5, 5.41) is 8.34. The Morgan fingerprint density at radius 2 is 1.72 bits per heavy atom. The summed E-state index contributed by atoms with van der Waals surface area (Å²) in [6.45, 7) is 2.09. The molecule has 3 rings (SSSR count). The summed E-state index contributed by atoms with van der Waals surface area (Å²) in [6.07, 6.45) is 1.78. The van der Waals surface area contributed by atoms with Crippen LogP contribution in [0.1, 0.15) is 41.9 Å². The number of nitrogens with zero attached hydrogens (tertiary/aromatic N) is 2. The van der Waals surface area contributed by atoms with Crippen molar-refractivity contribution in [3.05, 3.63) is 76.2 Å². The maximum atomic E-state index is 12.9. The highest BCUT2D eigenvalue weighted by atomic mass is 16.2. The molecular formula is C20H21N3O2. The third-order valence-corrected chi connectivity index (χ3v) is 4.26. The summed E-state index contributed by atoms with van der Waals surface area (Å²) in [6, 6.07) is 16.9. The fourth-order valence-corrected chi connectivity index (χ4v) is 2.99. The molecule has 1 atom stereocenters. The predicted octanol–water partition coefficient (Wildman–Crippen LogP) is 3.20. The SMILES string of the molecule is CCC[C@H](NC(=O)c1nn(C)c(=O)c2ccccc12)c1ccccc1. The molecule has 1 amide bonds. The summed E-state index contributed by atoms with van der Waals surface area (Å²) in [7, 11) is 1.56. The minimum Gasteiger partial charge on any atom is -0.344 e. The molecule has 25 heavy (non-hydrogen) atoms. The molecule has 0 spiro atoms. The van der Waals surface area contributed by atoms with Gasteiger partial charge in [-0.05, 0) is 18.1 Å². The Kier molecular flexibility index (Phi) is 4.93. The van der Waals surface area contributed by atoms with E-state index in [4.69, 9.17) is 0 Å². The van der Waals surface area contributed by atoms with E-state index in [0.29, 0.717) is 10.8 Å². The summed E-state index contributed by atoms with van der Waals surface area (Å²) in [4.78, 5) is 25.1. The van der Waals surface area contributed by atoms with Crippen LogP contribution in [0.15, 0.2) is 59.4 Å². The summed E-state index contributed by atoms with van der Waals surface area (Å²) < 4.78 is 1.22. The molecule has 0 aliphatic carbocycles. The Bertz CT molecular complexity index is 948. The first-order chi connectivity index (χ1) is 12.1. The molecule has 0 bridgehead atoms. The predicted molar refractivity (Wildman–Crippen MR) is 98.5 cm³/mol. The molecule has 128 valence electrons. The van der Waals surface area contributed by atoms with Crippen LogP contribution in [0.25, 0.3) is 10.8 Å². The van der Waals surface area contributed by atoms with Gasteiger partial charge in [0, 0.05) is 12.4 Å². The molecule has 0 aliphatic heterocycles. The van der Waals surface area contributed by atoms with Gasteiger partial charge in [-0.15, -0.1) is 0 Å². The van der Waals surface area contributed by atoms with Crippen LogP contribution in [0, 0.1) is 0 Å². The second-order valence-corrected chi connectivity index (χ2v) is 6.05. The number of carbonyl (C=O) groups is 1. The van der Waals surface area contributed by atoms with Crippen LogP contribution >= 0.6 is 0 Å². The van der Waals surface area contributed by atoms with E-state index in [-0.39, 0.29) is 23.2 Å². The monoisotopic (exact) mass is 335 g/mol. The Morgan fingerprint density at radius 1 is 1.08 bits per heavy atom. The number of hydrogen-bond donors (Lipinski definition) is 1. The van der Waals surface area contributed by atoms with Crippen molar-refractivity contribution in [3.8, 4) is 0 Å². The molecule has 0 saturated carbocycles. The minimum absolute atomic E-state index is 0.0866. The van der Waals surface area contributed by atoms with Gasteiger partial charge in [0.15, 0.2) is 5.69 Å². The van der Waals surface area contributed by atoms with E-state index in [1.165, 1.54) is 4.68 Å². The Hall–Kier alpha value is -2.95. The Balaban J connectivity index is 1.99. The number of carbonyl (C=O) groups excluding carboxylic acids is 1. The zero-order chi connectivity index (χ0) is 17.8. The summed E-state index contributed by atoms with van der Waals surface area (Å²) in [5.74, 6) is -0.269. The van der Waals surface area contributed by atoms with Crippen LogP contribution in [-0.2, 0) is 7.05 Å². The molecular weight excluding hydrogens is 314 g/mol. The van der Waals surface area contributed by atoms with Crippen molar-refractivity contribution in [2.24, 2.45) is 7.05 Å². The van der Waals surface area contributed by atoms with E-state index in [1.54, 1.807) is 31.3 Å². The number of aromatic nitrogens is 2. The highest BCUT2D eigenvalue weighted by Gasteiger charge is 2.19. The van der Waals surface area contributed by atoms with E-state index >= 15 is 0 Å². The van der Waals surface area contributed by atoms with Gasteiger partial charge in [0.05, 0.1) is 11.4 Å². The maximum Gasteiger partial charge on any atom is 0.274 e. The molecule has 2 aromatic carbocycles. The first kappa shape index (κ1) is 16.9. The van der Waals surface area contributed by atoms with Gasteiger partial charge in [0.25, 0.3) is 11.5 Å². The molecule has 1 heterocycles. The van der Waals surface area contributed by atoms with Crippen molar-refractivity contribution >= 4 is 16.7 Å². The highest BCUT2D eigenvalue weighted by Crippen LogP contribution is 2.20. The highest BCUT2D eigenvalue weighted by molar-refractivity contribution is 6.04. The first-order valence-corrected chi connectivity index (χ1v) is 8.43. The number of amides is 1. The van der Waals surface area contributed by atoms with Gasteiger partial charge >= 0.3 is 0 Å². The van der Waals surface area contributed by atoms with Crippen LogP contribution in [0.5, 0.6) is 0 Å². The van der Waals surface area contributed by atoms with Gasteiger partial charge < -0.3 is 5.32 Å². The number of fused-ring (bicyclic) bond motifs is 1. The third kappa shape index (κ3) is 3.45. The zero-order valence-electron chi connectivity index (χ0n) is 14.4. The van der Waals surface area contributed by atoms with Gasteiger partial charge in [-0.25, -0.2) is 4.68 Å². The van der Waals surface area contributed by atoms with E-state index in [9.17, 15) is 9.59 Å². The van der Waals surface area contributed by atoms with E-state index < -0.39 is 0 Å². The number of rotatable bonds is 5. The van der Waals surface area contributed by atoms with Crippen LogP contribution in [0.4, 0.5) is 0 Å². The van der Waals surface area contributed by atoms with Crippen molar-refractivity contribution in [2.45, 2.75) is 25.8 Å². The normalized spacial score (nSPS) is 12.1. The van der Waals surface area contributed by atoms with Crippen LogP contribution in [0.2, 0.25) is 0 Å². The van der Waals surface area contributed by atoms with Crippen molar-refractivity contribution < 1.29 is 4.79 Å². The smallest absolute Gasteiger partial charge is 0.274 e. The lowest BCUT2D eigenvalue weighted by molar-refractivity contribution is 0.0929. The van der Waals surface area contributed by atoms with E-state index in [0.717, 1.165) is 18.4 Å². The average molecular weight is 335 g/mol. The van der Waals surface area contributed by atoms with Crippen molar-refractivity contribution in [1.82, 2.24) is 15.1 Å². The quantitative estimate of drug-likeness (QED) is 0.779. The molecule has 3 aromatic rings. The number of hydrogen-bond acceptors (Lipinski definition) is 3. The van der Waals surface area contributed by atoms with Gasteiger partial charge in [-0.3, -0.25) is 9.59 Å². The largest absolute Gasteiger partial charge is 0.344 e. The first-order valence-electron chi connectivity index (χ1n) is 8.43. The topological polar surface area (TPSA) is 64.0 Å². The van der Waals surface area contributed by atoms with Crippen LogP contribution < -0.4 is 10.9 Å². The standard InChI is InChI=1S/C20H21N3O2/c1-3-9-17(14-10-5-4-6-11-14)21-19(24)18-15-12-7-8-13-16(15)20(25)23(2)22-18/h4-8,10-13,17H,3,9H2,1-2H3,(H,21,24)/t17-/m0/s1. The van der Waals surface area contributed by atoms with Crippen molar-refractivity contribution in [2.75, 3.05) is 0 Å². The van der Waals surface area contributed by atoms with Crippen LogP contribution in [-0.4, -0.2) is 15.7 Å². The maximum absolute atomic E-state index is 12.9. The Labute approximate surface area is 146 Å². The average Bonchev–Trinajstić information content (AvgIpc) is 2.65. The lowest BCUT2D eigenvalue weighted by Crippen LogP contribution is -2.32. The van der Waals surface area contributed by atoms with Crippen molar-refractivity contribution in [1.29, 1.82) is 0 Å². The lowest BCUT2D eigenvalue weighted by atomic mass is 10.0. The van der Waals surface area contributed by atoms with E-state index in [2.05, 4.69) is 17.3 Å². The molecule has 0 aliphatic rings. The number of nitrogens with one attached hydrogen (secondary N) is 1. The summed E-state index contributed by atoms with van der Waals surface area (Å²) in [5.41, 5.74) is 1.13. The fourth-order valence-electron chi connectivity index (χ4n) is 2.99. The molecule has 5 heteroatoms. The molecule has 0 radical (unpaired) electrons. The van der Waals surface area contributed by atoms with Gasteiger partial charge in [0.2, 0.25) is 0 Å². The second-order valence-electron chi connectivity index (χ2n) is 6.05. The minimum atomic E-state index is -0.269. The zero-order valence-corrected chi connectivity index (χ0v) is 14.4. The molecule has 0 fully saturated rings. The number of aryl methyl sites for hydroxylation is 1. The molecule has 0 unspecified atom stereocenters. The Morgan fingerprint density at radius 3 is 2.40 bits per heavy atom. The van der Waals surface area contributed by atoms with Crippen LogP contribution in [0.3, 0.4) is 0 Å². The van der Waals surface area contributed by atoms with Crippen molar-refractivity contribution in [3.63, 3.8) is 0 Å².